The van der Waals surface area contributed by atoms with Crippen LogP contribution < -0.4 is 4.74 Å². The van der Waals surface area contributed by atoms with Crippen molar-refractivity contribution in [2.75, 3.05) is 26.2 Å². The number of likely N-dealkylation sites (tertiary alicyclic amines) is 1. The van der Waals surface area contributed by atoms with Gasteiger partial charge in [0.15, 0.2) is 11.6 Å². The van der Waals surface area contributed by atoms with Gasteiger partial charge in [-0.2, -0.15) is 4.31 Å². The Labute approximate surface area is 193 Å². The van der Waals surface area contributed by atoms with Crippen LogP contribution in [0, 0.1) is 18.6 Å². The van der Waals surface area contributed by atoms with Crippen molar-refractivity contribution in [3.05, 3.63) is 59.2 Å². The van der Waals surface area contributed by atoms with Gasteiger partial charge in [-0.15, -0.1) is 0 Å². The van der Waals surface area contributed by atoms with Crippen LogP contribution in [-0.4, -0.2) is 55.8 Å². The second-order valence-electron chi connectivity index (χ2n) is 8.63. The third kappa shape index (κ3) is 5.19. The van der Waals surface area contributed by atoms with E-state index < -0.39 is 21.7 Å². The predicted molar refractivity (Wildman–Crippen MR) is 120 cm³/mol. The Kier molecular flexibility index (Phi) is 6.99. The highest BCUT2D eigenvalue weighted by molar-refractivity contribution is 7.89. The lowest BCUT2D eigenvalue weighted by molar-refractivity contribution is 0.0588. The van der Waals surface area contributed by atoms with Crippen molar-refractivity contribution in [1.82, 2.24) is 9.21 Å². The lowest BCUT2D eigenvalue weighted by atomic mass is 10.1. The number of aryl methyl sites for hydroxylation is 1. The molecule has 0 aliphatic carbocycles. The Hall–Kier alpha value is -2.52. The van der Waals surface area contributed by atoms with Crippen molar-refractivity contribution in [1.29, 1.82) is 0 Å². The average molecular weight is 479 g/mol. The first-order valence-electron chi connectivity index (χ1n) is 11.3. The van der Waals surface area contributed by atoms with Gasteiger partial charge in [0.05, 0.1) is 4.90 Å². The van der Waals surface area contributed by atoms with Crippen LogP contribution >= 0.6 is 0 Å². The minimum absolute atomic E-state index is 0.00716. The highest BCUT2D eigenvalue weighted by Gasteiger charge is 2.30. The minimum atomic E-state index is -3.65. The largest absolute Gasteiger partial charge is 0.487 e. The lowest BCUT2D eigenvalue weighted by Crippen LogP contribution is -2.42. The van der Waals surface area contributed by atoms with E-state index in [1.807, 2.05) is 0 Å². The normalized spacial score (nSPS) is 18.3. The Balaban J connectivity index is 1.43. The molecule has 0 aromatic heterocycles. The summed E-state index contributed by atoms with van der Waals surface area (Å²) in [6.07, 6.45) is 3.41. The van der Waals surface area contributed by atoms with Crippen LogP contribution in [0.2, 0.25) is 0 Å². The summed E-state index contributed by atoms with van der Waals surface area (Å²) in [6, 6.07) is 8.00. The molecule has 2 aliphatic rings. The van der Waals surface area contributed by atoms with E-state index in [1.165, 1.54) is 16.4 Å². The van der Waals surface area contributed by atoms with Crippen LogP contribution in [-0.2, 0) is 10.0 Å². The molecule has 0 bridgehead atoms. The molecule has 1 amide bonds. The van der Waals surface area contributed by atoms with Gasteiger partial charge < -0.3 is 9.64 Å². The summed E-state index contributed by atoms with van der Waals surface area (Å²) in [7, 11) is -3.65. The fourth-order valence-corrected chi connectivity index (χ4v) is 6.13. The molecule has 2 fully saturated rings. The molecule has 4 rings (SSSR count). The van der Waals surface area contributed by atoms with Crippen molar-refractivity contribution in [2.45, 2.75) is 50.0 Å². The average Bonchev–Trinajstić information content (AvgIpc) is 2.82. The Bertz CT molecular complexity index is 1130. The summed E-state index contributed by atoms with van der Waals surface area (Å²) in [6.45, 7) is 3.54. The monoisotopic (exact) mass is 478 g/mol. The van der Waals surface area contributed by atoms with E-state index in [4.69, 9.17) is 4.74 Å². The van der Waals surface area contributed by atoms with E-state index in [0.29, 0.717) is 50.1 Å². The summed E-state index contributed by atoms with van der Waals surface area (Å²) < 4.78 is 60.4. The Morgan fingerprint density at radius 2 is 1.67 bits per heavy atom. The van der Waals surface area contributed by atoms with Crippen molar-refractivity contribution >= 4 is 15.9 Å². The van der Waals surface area contributed by atoms with Crippen LogP contribution in [0.5, 0.6) is 5.75 Å². The van der Waals surface area contributed by atoms with E-state index in [1.54, 1.807) is 24.0 Å². The smallest absolute Gasteiger partial charge is 0.253 e. The SMILES string of the molecule is Cc1ccc(C(=O)N2CCC(Oc3ccc(F)cc3F)CC2)cc1S(=O)(=O)N1CCCCC1. The number of sulfonamides is 1. The summed E-state index contributed by atoms with van der Waals surface area (Å²) >= 11 is 0. The van der Waals surface area contributed by atoms with Gasteiger partial charge in [0.25, 0.3) is 5.91 Å². The molecule has 2 heterocycles. The van der Waals surface area contributed by atoms with Gasteiger partial charge in [-0.05, 0) is 49.6 Å². The van der Waals surface area contributed by atoms with Gasteiger partial charge in [0.2, 0.25) is 10.0 Å². The van der Waals surface area contributed by atoms with Gasteiger partial charge in [0, 0.05) is 50.7 Å². The number of carbonyl (C=O) groups is 1. The number of amides is 1. The molecule has 0 saturated carbocycles. The number of nitrogens with zero attached hydrogens (tertiary/aromatic N) is 2. The van der Waals surface area contributed by atoms with Crippen LogP contribution in [0.3, 0.4) is 0 Å². The van der Waals surface area contributed by atoms with Crippen LogP contribution in [0.25, 0.3) is 0 Å². The molecule has 2 aromatic rings. The van der Waals surface area contributed by atoms with Crippen molar-refractivity contribution < 1.29 is 26.7 Å². The highest BCUT2D eigenvalue weighted by Crippen LogP contribution is 2.27. The van der Waals surface area contributed by atoms with E-state index in [-0.39, 0.29) is 22.7 Å². The third-order valence-electron chi connectivity index (χ3n) is 6.28. The Morgan fingerprint density at radius 1 is 0.970 bits per heavy atom. The molecule has 0 unspecified atom stereocenters. The minimum Gasteiger partial charge on any atom is -0.487 e. The zero-order valence-corrected chi connectivity index (χ0v) is 19.4. The summed E-state index contributed by atoms with van der Waals surface area (Å²) in [5.41, 5.74) is 0.950. The number of hydrogen-bond acceptors (Lipinski definition) is 4. The fraction of sp³-hybridized carbons (Fsp3) is 0.458. The first-order chi connectivity index (χ1) is 15.8. The van der Waals surface area contributed by atoms with Crippen LogP contribution in [0.15, 0.2) is 41.3 Å². The summed E-state index contributed by atoms with van der Waals surface area (Å²) in [5.74, 6) is -1.67. The van der Waals surface area contributed by atoms with Gasteiger partial charge in [0.1, 0.15) is 11.9 Å². The zero-order chi connectivity index (χ0) is 23.6. The summed E-state index contributed by atoms with van der Waals surface area (Å²) in [5, 5.41) is 0. The maximum absolute atomic E-state index is 13.9. The highest BCUT2D eigenvalue weighted by atomic mass is 32.2. The predicted octanol–water partition coefficient (Wildman–Crippen LogP) is 4.13. The van der Waals surface area contributed by atoms with Gasteiger partial charge in [-0.3, -0.25) is 4.79 Å². The van der Waals surface area contributed by atoms with Crippen LogP contribution in [0.1, 0.15) is 48.0 Å². The fourth-order valence-electron chi connectivity index (χ4n) is 4.37. The topological polar surface area (TPSA) is 66.9 Å². The van der Waals surface area contributed by atoms with Gasteiger partial charge in [-0.1, -0.05) is 12.5 Å². The van der Waals surface area contributed by atoms with Gasteiger partial charge >= 0.3 is 0 Å². The second kappa shape index (κ2) is 9.77. The molecule has 6 nitrogen and oxygen atoms in total. The molecule has 2 aromatic carbocycles. The third-order valence-corrected chi connectivity index (χ3v) is 8.33. The maximum Gasteiger partial charge on any atom is 0.253 e. The Morgan fingerprint density at radius 3 is 2.33 bits per heavy atom. The number of piperidine rings is 2. The molecule has 0 spiro atoms. The number of carbonyl (C=O) groups excluding carboxylic acids is 1. The van der Waals surface area contributed by atoms with Crippen molar-refractivity contribution in [2.24, 2.45) is 0 Å². The lowest BCUT2D eigenvalue weighted by Gasteiger charge is -2.32. The second-order valence-corrected chi connectivity index (χ2v) is 10.5. The maximum atomic E-state index is 13.9. The van der Waals surface area contributed by atoms with Crippen molar-refractivity contribution in [3.63, 3.8) is 0 Å². The molecule has 33 heavy (non-hydrogen) atoms. The molecule has 0 radical (unpaired) electrons. The molecule has 0 N–H and O–H groups in total. The van der Waals surface area contributed by atoms with E-state index in [2.05, 4.69) is 0 Å². The number of halogens is 2. The van der Waals surface area contributed by atoms with Crippen LogP contribution in [0.4, 0.5) is 8.78 Å². The molecule has 0 atom stereocenters. The number of benzene rings is 2. The quantitative estimate of drug-likeness (QED) is 0.648. The number of hydrogen-bond donors (Lipinski definition) is 0. The van der Waals surface area contributed by atoms with Gasteiger partial charge in [-0.25, -0.2) is 17.2 Å². The van der Waals surface area contributed by atoms with E-state index >= 15 is 0 Å². The standard InChI is InChI=1S/C24H28F2N2O4S/c1-17-5-6-18(15-23(17)33(30,31)28-11-3-2-4-12-28)24(29)27-13-9-20(10-14-27)32-22-8-7-19(25)16-21(22)26/h5-8,15-16,20H,2-4,9-14H2,1H3. The van der Waals surface area contributed by atoms with E-state index in [9.17, 15) is 22.0 Å². The molecule has 9 heteroatoms. The van der Waals surface area contributed by atoms with E-state index in [0.717, 1.165) is 31.4 Å². The zero-order valence-electron chi connectivity index (χ0n) is 18.6. The molecule has 2 aliphatic heterocycles. The number of ether oxygens (including phenoxy) is 1. The molecule has 2 saturated heterocycles. The van der Waals surface area contributed by atoms with Crippen molar-refractivity contribution in [3.8, 4) is 5.75 Å². The molecular formula is C24H28F2N2O4S. The summed E-state index contributed by atoms with van der Waals surface area (Å²) in [4.78, 5) is 14.9. The first-order valence-corrected chi connectivity index (χ1v) is 12.7. The molecule has 178 valence electrons. The molecular weight excluding hydrogens is 450 g/mol. The first kappa shape index (κ1) is 23.6. The number of rotatable bonds is 5.